The lowest BCUT2D eigenvalue weighted by Crippen LogP contribution is -2.20. The maximum absolute atomic E-state index is 11.2. The molecule has 1 amide bonds. The first-order chi connectivity index (χ1) is 7.71. The van der Waals surface area contributed by atoms with Gasteiger partial charge in [0.15, 0.2) is 0 Å². The normalized spacial score (nSPS) is 11.6. The average molecular weight is 216 g/mol. The highest BCUT2D eigenvalue weighted by Gasteiger charge is 2.14. The third kappa shape index (κ3) is 3.09. The van der Waals surface area contributed by atoms with Gasteiger partial charge < -0.3 is 5.32 Å². The van der Waals surface area contributed by atoms with Crippen LogP contribution in [0.3, 0.4) is 0 Å². The fourth-order valence-electron chi connectivity index (χ4n) is 1.51. The molecule has 84 valence electrons. The first kappa shape index (κ1) is 12.3. The average Bonchev–Trinajstić information content (AvgIpc) is 2.35. The number of amides is 1. The van der Waals surface area contributed by atoms with Gasteiger partial charge >= 0.3 is 0 Å². The quantitative estimate of drug-likeness (QED) is 0.836. The number of nitriles is 1. The molecule has 1 aromatic rings. The number of nitrogens with zero attached hydrogens (tertiary/aromatic N) is 1. The summed E-state index contributed by atoms with van der Waals surface area (Å²) in [5.41, 5.74) is 2.14. The SMILES string of the molecule is CCc1ccc(C(C#N)CC(=O)NC)cc1. The second kappa shape index (κ2) is 5.92. The molecule has 1 rings (SSSR count). The van der Waals surface area contributed by atoms with Crippen molar-refractivity contribution >= 4 is 5.91 Å². The highest BCUT2D eigenvalue weighted by atomic mass is 16.1. The van der Waals surface area contributed by atoms with Gasteiger partial charge in [-0.2, -0.15) is 5.26 Å². The van der Waals surface area contributed by atoms with Gasteiger partial charge in [0.1, 0.15) is 0 Å². The Morgan fingerprint density at radius 1 is 1.44 bits per heavy atom. The molecular weight excluding hydrogens is 200 g/mol. The minimum absolute atomic E-state index is 0.105. The Balaban J connectivity index is 2.79. The lowest BCUT2D eigenvalue weighted by atomic mass is 9.95. The standard InChI is InChI=1S/C13H16N2O/c1-3-10-4-6-11(7-5-10)12(9-14)8-13(16)15-2/h4-7,12H,3,8H2,1-2H3,(H,15,16). The molecule has 0 radical (unpaired) electrons. The number of nitrogens with one attached hydrogen (secondary N) is 1. The summed E-state index contributed by atoms with van der Waals surface area (Å²) < 4.78 is 0. The zero-order chi connectivity index (χ0) is 12.0. The van der Waals surface area contributed by atoms with Crippen molar-refractivity contribution in [3.05, 3.63) is 35.4 Å². The van der Waals surface area contributed by atoms with Gasteiger partial charge in [-0.25, -0.2) is 0 Å². The molecule has 0 bridgehead atoms. The highest BCUT2D eigenvalue weighted by molar-refractivity contribution is 5.77. The lowest BCUT2D eigenvalue weighted by molar-refractivity contribution is -0.120. The van der Waals surface area contributed by atoms with E-state index < -0.39 is 0 Å². The van der Waals surface area contributed by atoms with E-state index in [0.717, 1.165) is 12.0 Å². The number of benzene rings is 1. The monoisotopic (exact) mass is 216 g/mol. The molecule has 0 aliphatic heterocycles. The molecule has 0 aliphatic rings. The van der Waals surface area contributed by atoms with Gasteiger partial charge in [0.05, 0.1) is 12.0 Å². The topological polar surface area (TPSA) is 52.9 Å². The fourth-order valence-corrected chi connectivity index (χ4v) is 1.51. The van der Waals surface area contributed by atoms with Crippen LogP contribution in [0, 0.1) is 11.3 Å². The Kier molecular flexibility index (Phi) is 4.53. The number of hydrogen-bond acceptors (Lipinski definition) is 2. The second-order valence-corrected chi connectivity index (χ2v) is 3.65. The summed E-state index contributed by atoms with van der Waals surface area (Å²) in [6.07, 6.45) is 1.20. The van der Waals surface area contributed by atoms with Crippen molar-refractivity contribution in [3.8, 4) is 6.07 Å². The van der Waals surface area contributed by atoms with Crippen LogP contribution in [-0.2, 0) is 11.2 Å². The summed E-state index contributed by atoms with van der Waals surface area (Å²) in [7, 11) is 1.58. The Bertz CT molecular complexity index is 389. The summed E-state index contributed by atoms with van der Waals surface area (Å²) >= 11 is 0. The maximum atomic E-state index is 11.2. The van der Waals surface area contributed by atoms with E-state index in [4.69, 9.17) is 5.26 Å². The summed E-state index contributed by atoms with van der Waals surface area (Å²) in [6, 6.07) is 10.0. The zero-order valence-corrected chi connectivity index (χ0v) is 9.66. The molecule has 1 atom stereocenters. The molecule has 1 N–H and O–H groups in total. The smallest absolute Gasteiger partial charge is 0.221 e. The van der Waals surface area contributed by atoms with Crippen LogP contribution in [0.25, 0.3) is 0 Å². The molecule has 0 saturated carbocycles. The summed E-state index contributed by atoms with van der Waals surface area (Å²) in [5.74, 6) is -0.461. The van der Waals surface area contributed by atoms with Gasteiger partial charge in [-0.05, 0) is 17.5 Å². The predicted octanol–water partition coefficient (Wildman–Crippen LogP) is 1.99. The van der Waals surface area contributed by atoms with E-state index in [1.807, 2.05) is 24.3 Å². The van der Waals surface area contributed by atoms with Crippen molar-refractivity contribution in [1.29, 1.82) is 5.26 Å². The van der Waals surface area contributed by atoms with Crippen LogP contribution in [0.2, 0.25) is 0 Å². The third-order valence-electron chi connectivity index (χ3n) is 2.61. The van der Waals surface area contributed by atoms with Gasteiger partial charge in [0.2, 0.25) is 5.91 Å². The molecule has 0 spiro atoms. The van der Waals surface area contributed by atoms with Crippen molar-refractivity contribution in [2.75, 3.05) is 7.05 Å². The third-order valence-corrected chi connectivity index (χ3v) is 2.61. The minimum atomic E-state index is -0.356. The molecule has 3 heteroatoms. The number of rotatable bonds is 4. The van der Waals surface area contributed by atoms with Crippen molar-refractivity contribution in [2.45, 2.75) is 25.7 Å². The molecule has 0 aliphatic carbocycles. The van der Waals surface area contributed by atoms with E-state index in [1.54, 1.807) is 7.05 Å². The van der Waals surface area contributed by atoms with Crippen molar-refractivity contribution in [2.24, 2.45) is 0 Å². The van der Waals surface area contributed by atoms with Gasteiger partial charge in [-0.3, -0.25) is 4.79 Å². The molecule has 16 heavy (non-hydrogen) atoms. The highest BCUT2D eigenvalue weighted by Crippen LogP contribution is 2.19. The van der Waals surface area contributed by atoms with E-state index in [1.165, 1.54) is 5.56 Å². The lowest BCUT2D eigenvalue weighted by Gasteiger charge is -2.08. The van der Waals surface area contributed by atoms with Crippen LogP contribution in [0.1, 0.15) is 30.4 Å². The van der Waals surface area contributed by atoms with Crippen molar-refractivity contribution in [3.63, 3.8) is 0 Å². The van der Waals surface area contributed by atoms with E-state index in [2.05, 4.69) is 18.3 Å². The summed E-state index contributed by atoms with van der Waals surface area (Å²) in [6.45, 7) is 2.08. The first-order valence-electron chi connectivity index (χ1n) is 5.40. The number of hydrogen-bond donors (Lipinski definition) is 1. The zero-order valence-electron chi connectivity index (χ0n) is 9.66. The first-order valence-corrected chi connectivity index (χ1v) is 5.40. The van der Waals surface area contributed by atoms with Gasteiger partial charge in [-0.15, -0.1) is 0 Å². The van der Waals surface area contributed by atoms with E-state index in [0.29, 0.717) is 0 Å². The van der Waals surface area contributed by atoms with Crippen molar-refractivity contribution in [1.82, 2.24) is 5.32 Å². The maximum Gasteiger partial charge on any atom is 0.221 e. The Morgan fingerprint density at radius 3 is 2.50 bits per heavy atom. The summed E-state index contributed by atoms with van der Waals surface area (Å²) in [5, 5.41) is 11.6. The Morgan fingerprint density at radius 2 is 2.06 bits per heavy atom. The van der Waals surface area contributed by atoms with Gasteiger partial charge in [0, 0.05) is 13.5 Å². The number of carbonyl (C=O) groups is 1. The van der Waals surface area contributed by atoms with E-state index >= 15 is 0 Å². The van der Waals surface area contributed by atoms with E-state index in [-0.39, 0.29) is 18.2 Å². The summed E-state index contributed by atoms with van der Waals surface area (Å²) in [4.78, 5) is 11.2. The molecule has 0 fully saturated rings. The van der Waals surface area contributed by atoms with Gasteiger partial charge in [-0.1, -0.05) is 31.2 Å². The Labute approximate surface area is 96.1 Å². The van der Waals surface area contributed by atoms with Crippen LogP contribution in [0.15, 0.2) is 24.3 Å². The second-order valence-electron chi connectivity index (χ2n) is 3.65. The van der Waals surface area contributed by atoms with Crippen molar-refractivity contribution < 1.29 is 4.79 Å². The molecule has 0 saturated heterocycles. The number of aryl methyl sites for hydroxylation is 1. The minimum Gasteiger partial charge on any atom is -0.359 e. The van der Waals surface area contributed by atoms with Crippen LogP contribution < -0.4 is 5.32 Å². The Hall–Kier alpha value is -1.82. The van der Waals surface area contributed by atoms with Crippen LogP contribution >= 0.6 is 0 Å². The van der Waals surface area contributed by atoms with Crippen LogP contribution in [0.5, 0.6) is 0 Å². The van der Waals surface area contributed by atoms with Gasteiger partial charge in [0.25, 0.3) is 0 Å². The van der Waals surface area contributed by atoms with E-state index in [9.17, 15) is 4.79 Å². The largest absolute Gasteiger partial charge is 0.359 e. The fraction of sp³-hybridized carbons (Fsp3) is 0.385. The number of carbonyl (C=O) groups excluding carboxylic acids is 1. The van der Waals surface area contributed by atoms with Crippen LogP contribution in [-0.4, -0.2) is 13.0 Å². The molecule has 0 aromatic heterocycles. The molecule has 0 heterocycles. The molecule has 3 nitrogen and oxygen atoms in total. The molecular formula is C13H16N2O. The van der Waals surface area contributed by atoms with Crippen LogP contribution in [0.4, 0.5) is 0 Å². The predicted molar refractivity (Wildman–Crippen MR) is 62.9 cm³/mol. The molecule has 1 aromatic carbocycles. The molecule has 1 unspecified atom stereocenters.